The van der Waals surface area contributed by atoms with Gasteiger partial charge in [-0.2, -0.15) is 4.31 Å². The molecule has 3 heterocycles. The Morgan fingerprint density at radius 1 is 1.32 bits per heavy atom. The van der Waals surface area contributed by atoms with Gasteiger partial charge in [0.05, 0.1) is 0 Å². The second-order valence-electron chi connectivity index (χ2n) is 6.04. The minimum Gasteiger partial charge on any atom is -0.352 e. The molecule has 0 aliphatic carbocycles. The molecule has 2 aromatic rings. The van der Waals surface area contributed by atoms with Crippen LogP contribution >= 0.6 is 11.3 Å². The van der Waals surface area contributed by atoms with E-state index in [-0.39, 0.29) is 18.4 Å². The molecule has 0 saturated carbocycles. The highest BCUT2D eigenvalue weighted by molar-refractivity contribution is 7.91. The van der Waals surface area contributed by atoms with Crippen molar-refractivity contribution in [3.05, 3.63) is 47.6 Å². The number of piperidine rings is 1. The lowest BCUT2D eigenvalue weighted by atomic mass is 10.0. The quantitative estimate of drug-likeness (QED) is 0.836. The first-order valence-electron chi connectivity index (χ1n) is 8.28. The molecule has 0 unspecified atom stereocenters. The predicted molar refractivity (Wildman–Crippen MR) is 96.6 cm³/mol. The summed E-state index contributed by atoms with van der Waals surface area (Å²) in [5, 5.41) is 4.61. The number of thiophene rings is 1. The van der Waals surface area contributed by atoms with Gasteiger partial charge in [-0.3, -0.25) is 9.78 Å². The van der Waals surface area contributed by atoms with Crippen LogP contribution in [0.1, 0.15) is 31.2 Å². The van der Waals surface area contributed by atoms with Crippen molar-refractivity contribution in [1.29, 1.82) is 0 Å². The first-order chi connectivity index (χ1) is 12.1. The average Bonchev–Trinajstić information content (AvgIpc) is 3.17. The summed E-state index contributed by atoms with van der Waals surface area (Å²) in [6.45, 7) is 0.873. The van der Waals surface area contributed by atoms with Gasteiger partial charge in [-0.15, -0.1) is 11.3 Å². The van der Waals surface area contributed by atoms with E-state index in [4.69, 9.17) is 0 Å². The van der Waals surface area contributed by atoms with Crippen molar-refractivity contribution in [3.63, 3.8) is 0 Å². The van der Waals surface area contributed by atoms with Gasteiger partial charge in [0.15, 0.2) is 0 Å². The van der Waals surface area contributed by atoms with Crippen molar-refractivity contribution in [1.82, 2.24) is 14.6 Å². The first-order valence-corrected chi connectivity index (χ1v) is 10.6. The lowest BCUT2D eigenvalue weighted by Gasteiger charge is -2.34. The maximum Gasteiger partial charge on any atom is 0.252 e. The van der Waals surface area contributed by atoms with Crippen LogP contribution in [0.4, 0.5) is 0 Å². The number of pyridine rings is 1. The summed E-state index contributed by atoms with van der Waals surface area (Å²) in [6, 6.07) is 6.78. The summed E-state index contributed by atoms with van der Waals surface area (Å²) >= 11 is 1.21. The first kappa shape index (κ1) is 18.0. The Kier molecular flexibility index (Phi) is 5.82. The lowest BCUT2D eigenvalue weighted by molar-refractivity contribution is -0.122. The van der Waals surface area contributed by atoms with E-state index in [2.05, 4.69) is 10.3 Å². The van der Waals surface area contributed by atoms with E-state index in [1.807, 2.05) is 12.1 Å². The fraction of sp³-hybridized carbons (Fsp3) is 0.412. The molecule has 1 aliphatic rings. The molecule has 0 radical (unpaired) electrons. The van der Waals surface area contributed by atoms with E-state index in [0.717, 1.165) is 18.4 Å². The van der Waals surface area contributed by atoms with E-state index in [9.17, 15) is 13.2 Å². The molecule has 134 valence electrons. The van der Waals surface area contributed by atoms with Crippen LogP contribution in [-0.4, -0.2) is 36.2 Å². The zero-order valence-corrected chi connectivity index (χ0v) is 15.4. The van der Waals surface area contributed by atoms with Crippen LogP contribution < -0.4 is 5.32 Å². The molecule has 25 heavy (non-hydrogen) atoms. The van der Waals surface area contributed by atoms with E-state index < -0.39 is 10.0 Å². The number of carbonyl (C=O) groups is 1. The second-order valence-corrected chi connectivity index (χ2v) is 9.10. The molecule has 0 bridgehead atoms. The molecule has 1 saturated heterocycles. The smallest absolute Gasteiger partial charge is 0.252 e. The molecule has 3 rings (SSSR count). The lowest BCUT2D eigenvalue weighted by Crippen LogP contribution is -2.45. The minimum atomic E-state index is -3.52. The van der Waals surface area contributed by atoms with Crippen LogP contribution in [0.15, 0.2) is 46.2 Å². The van der Waals surface area contributed by atoms with Crippen LogP contribution in [0.2, 0.25) is 0 Å². The SMILES string of the molecule is O=C(C[C@@H]1CCCCN1S(=O)(=O)c1cccs1)NCc1cccnc1. The van der Waals surface area contributed by atoms with Gasteiger partial charge in [0.1, 0.15) is 4.21 Å². The monoisotopic (exact) mass is 379 g/mol. The molecule has 0 aromatic carbocycles. The number of hydrogen-bond donors (Lipinski definition) is 1. The normalized spacial score (nSPS) is 18.8. The fourth-order valence-corrected chi connectivity index (χ4v) is 5.82. The molecule has 1 fully saturated rings. The third-order valence-electron chi connectivity index (χ3n) is 4.26. The van der Waals surface area contributed by atoms with Gasteiger partial charge in [0, 0.05) is 37.9 Å². The van der Waals surface area contributed by atoms with Gasteiger partial charge in [-0.1, -0.05) is 18.6 Å². The van der Waals surface area contributed by atoms with Crippen molar-refractivity contribution >= 4 is 27.3 Å². The van der Waals surface area contributed by atoms with Crippen molar-refractivity contribution in [2.45, 2.75) is 42.5 Å². The molecule has 0 spiro atoms. The van der Waals surface area contributed by atoms with Gasteiger partial charge in [-0.05, 0) is 35.9 Å². The number of hydrogen-bond acceptors (Lipinski definition) is 5. The maximum atomic E-state index is 12.8. The highest BCUT2D eigenvalue weighted by atomic mass is 32.2. The van der Waals surface area contributed by atoms with Crippen molar-refractivity contribution < 1.29 is 13.2 Å². The molecular formula is C17H21N3O3S2. The molecule has 1 aliphatic heterocycles. The van der Waals surface area contributed by atoms with E-state index in [1.54, 1.807) is 29.9 Å². The Balaban J connectivity index is 1.64. The van der Waals surface area contributed by atoms with Gasteiger partial charge in [0.2, 0.25) is 5.91 Å². The average molecular weight is 380 g/mol. The highest BCUT2D eigenvalue weighted by Gasteiger charge is 2.35. The molecular weight excluding hydrogens is 358 g/mol. The number of aromatic nitrogens is 1. The van der Waals surface area contributed by atoms with Gasteiger partial charge in [0.25, 0.3) is 10.0 Å². The summed E-state index contributed by atoms with van der Waals surface area (Å²) < 4.78 is 27.5. The highest BCUT2D eigenvalue weighted by Crippen LogP contribution is 2.29. The Hall–Kier alpha value is -1.77. The zero-order chi connectivity index (χ0) is 17.7. The third kappa shape index (κ3) is 4.45. The minimum absolute atomic E-state index is 0.137. The van der Waals surface area contributed by atoms with E-state index in [1.165, 1.54) is 15.6 Å². The molecule has 1 N–H and O–H groups in total. The second kappa shape index (κ2) is 8.07. The number of amides is 1. The van der Waals surface area contributed by atoms with Crippen LogP contribution in [0.3, 0.4) is 0 Å². The molecule has 1 atom stereocenters. The van der Waals surface area contributed by atoms with Crippen LogP contribution in [0.25, 0.3) is 0 Å². The Morgan fingerprint density at radius 3 is 2.92 bits per heavy atom. The molecule has 1 amide bonds. The van der Waals surface area contributed by atoms with E-state index in [0.29, 0.717) is 23.7 Å². The fourth-order valence-electron chi connectivity index (χ4n) is 3.01. The number of rotatable bonds is 6. The van der Waals surface area contributed by atoms with Crippen LogP contribution in [0.5, 0.6) is 0 Å². The van der Waals surface area contributed by atoms with Crippen LogP contribution in [-0.2, 0) is 21.4 Å². The number of carbonyl (C=O) groups excluding carboxylic acids is 1. The standard InChI is InChI=1S/C17H21N3O3S2/c21-16(19-13-14-5-3-8-18-12-14)11-15-6-1-2-9-20(15)25(22,23)17-7-4-10-24-17/h3-5,7-8,10,12,15H,1-2,6,9,11,13H2,(H,19,21)/t15-/m0/s1. The maximum absolute atomic E-state index is 12.8. The van der Waals surface area contributed by atoms with Crippen molar-refractivity contribution in [2.75, 3.05) is 6.54 Å². The third-order valence-corrected chi connectivity index (χ3v) is 7.59. The van der Waals surface area contributed by atoms with Gasteiger partial charge < -0.3 is 5.32 Å². The summed E-state index contributed by atoms with van der Waals surface area (Å²) in [7, 11) is -3.52. The summed E-state index contributed by atoms with van der Waals surface area (Å²) in [5.41, 5.74) is 0.919. The number of nitrogens with one attached hydrogen (secondary N) is 1. The number of sulfonamides is 1. The topological polar surface area (TPSA) is 79.4 Å². The van der Waals surface area contributed by atoms with Crippen molar-refractivity contribution in [2.24, 2.45) is 0 Å². The zero-order valence-electron chi connectivity index (χ0n) is 13.8. The number of nitrogens with zero attached hydrogens (tertiary/aromatic N) is 2. The summed E-state index contributed by atoms with van der Waals surface area (Å²) in [6.07, 6.45) is 6.06. The summed E-state index contributed by atoms with van der Waals surface area (Å²) in [4.78, 5) is 16.3. The van der Waals surface area contributed by atoms with Gasteiger partial charge in [-0.25, -0.2) is 8.42 Å². The Bertz CT molecular complexity index is 792. The molecule has 2 aromatic heterocycles. The molecule has 8 heteroatoms. The van der Waals surface area contributed by atoms with Crippen LogP contribution in [0, 0.1) is 0 Å². The van der Waals surface area contributed by atoms with Gasteiger partial charge >= 0.3 is 0 Å². The predicted octanol–water partition coefficient (Wildman–Crippen LogP) is 2.39. The Morgan fingerprint density at radius 2 is 2.20 bits per heavy atom. The largest absolute Gasteiger partial charge is 0.352 e. The molecule has 6 nitrogen and oxygen atoms in total. The summed E-state index contributed by atoms with van der Waals surface area (Å²) in [5.74, 6) is -0.137. The van der Waals surface area contributed by atoms with Crippen molar-refractivity contribution in [3.8, 4) is 0 Å². The van der Waals surface area contributed by atoms with E-state index >= 15 is 0 Å². The Labute approximate surface area is 151 Å².